The molecule has 0 nitrogen and oxygen atoms in total. The molecule has 13 heavy (non-hydrogen) atoms. The molecule has 72 valence electrons. The molecule has 1 aliphatic carbocycles. The van der Waals surface area contributed by atoms with Crippen LogP contribution >= 0.6 is 7.92 Å². The molecule has 0 spiro atoms. The van der Waals surface area contributed by atoms with E-state index in [1.165, 1.54) is 38.0 Å². The average molecular weight is 192 g/mol. The Morgan fingerprint density at radius 3 is 2.46 bits per heavy atom. The molecule has 0 amide bonds. The van der Waals surface area contributed by atoms with E-state index in [0.717, 1.165) is 5.92 Å². The fraction of sp³-hybridized carbons (Fsp3) is 0.909. The van der Waals surface area contributed by atoms with Crippen molar-refractivity contribution in [2.24, 2.45) is 5.92 Å². The molecule has 0 radical (unpaired) electrons. The second-order valence-electron chi connectivity index (χ2n) is 3.78. The first-order chi connectivity index (χ1) is 5.86. The Hall–Kier alpha value is 1.03. The minimum Gasteiger partial charge on any atom is -0.328 e. The molecule has 0 aliphatic heterocycles. The van der Waals surface area contributed by atoms with Crippen LogP contribution in [0.2, 0.25) is 0 Å². The largest absolute Gasteiger partial charge is 1.00 e. The van der Waals surface area contributed by atoms with E-state index in [2.05, 4.69) is 20.3 Å². The van der Waals surface area contributed by atoms with Crippen LogP contribution in [-0.2, 0) is 0 Å². The van der Waals surface area contributed by atoms with Gasteiger partial charge in [0.05, 0.1) is 0 Å². The van der Waals surface area contributed by atoms with Crippen molar-refractivity contribution in [2.75, 3.05) is 18.5 Å². The standard InChI is InChI=1S/C11H22P.Li/c1-3-12(4-2)10-9-11-7-5-6-8-11;/h5,11H,3-4,6-10H2,1-2H3;/q-1;+1. The molecule has 1 saturated carbocycles. The quantitative estimate of drug-likeness (QED) is 0.345. The van der Waals surface area contributed by atoms with Crippen molar-refractivity contribution >= 4 is 7.92 Å². The van der Waals surface area contributed by atoms with Crippen LogP contribution in [0.3, 0.4) is 0 Å². The first-order valence-corrected chi connectivity index (χ1v) is 7.30. The van der Waals surface area contributed by atoms with E-state index in [4.69, 9.17) is 0 Å². The fourth-order valence-corrected chi connectivity index (χ4v) is 3.80. The van der Waals surface area contributed by atoms with E-state index >= 15 is 0 Å². The van der Waals surface area contributed by atoms with Crippen molar-refractivity contribution in [3.05, 3.63) is 6.42 Å². The van der Waals surface area contributed by atoms with E-state index in [-0.39, 0.29) is 18.9 Å². The Balaban J connectivity index is 0.00000144. The van der Waals surface area contributed by atoms with Crippen LogP contribution in [0.4, 0.5) is 0 Å². The van der Waals surface area contributed by atoms with Gasteiger partial charge in [-0.2, -0.15) is 12.8 Å². The minimum absolute atomic E-state index is 0. The maximum absolute atomic E-state index is 2.48. The van der Waals surface area contributed by atoms with Gasteiger partial charge in [0.1, 0.15) is 0 Å². The predicted octanol–water partition coefficient (Wildman–Crippen LogP) is 0.907. The molecule has 0 saturated heterocycles. The summed E-state index contributed by atoms with van der Waals surface area (Å²) in [5.74, 6) is 1.06. The van der Waals surface area contributed by atoms with Gasteiger partial charge in [-0.25, -0.2) is 0 Å². The molecule has 2 heteroatoms. The Kier molecular flexibility index (Phi) is 9.00. The van der Waals surface area contributed by atoms with E-state index in [1.54, 1.807) is 6.16 Å². The normalized spacial score (nSPS) is 21.9. The predicted molar refractivity (Wildman–Crippen MR) is 59.1 cm³/mol. The van der Waals surface area contributed by atoms with Gasteiger partial charge >= 0.3 is 18.9 Å². The molecule has 1 fully saturated rings. The topological polar surface area (TPSA) is 0 Å². The van der Waals surface area contributed by atoms with Gasteiger partial charge in [0.15, 0.2) is 0 Å². The molecule has 0 N–H and O–H groups in total. The maximum Gasteiger partial charge on any atom is 1.00 e. The Labute approximate surface area is 97.2 Å². The molecule has 1 atom stereocenters. The number of hydrogen-bond acceptors (Lipinski definition) is 0. The Bertz CT molecular complexity index is 105. The molecule has 0 aromatic rings. The molecular weight excluding hydrogens is 170 g/mol. The molecule has 0 aromatic heterocycles. The van der Waals surface area contributed by atoms with Crippen LogP contribution in [0.15, 0.2) is 0 Å². The smallest absolute Gasteiger partial charge is 0.328 e. The van der Waals surface area contributed by atoms with Crippen molar-refractivity contribution in [1.29, 1.82) is 0 Å². The summed E-state index contributed by atoms with van der Waals surface area (Å²) >= 11 is 0. The summed E-state index contributed by atoms with van der Waals surface area (Å²) in [7, 11) is 0.414. The van der Waals surface area contributed by atoms with Gasteiger partial charge in [0, 0.05) is 0 Å². The van der Waals surface area contributed by atoms with Crippen molar-refractivity contribution in [3.63, 3.8) is 0 Å². The van der Waals surface area contributed by atoms with Crippen molar-refractivity contribution in [1.82, 2.24) is 0 Å². The van der Waals surface area contributed by atoms with Crippen molar-refractivity contribution < 1.29 is 18.9 Å². The van der Waals surface area contributed by atoms with Gasteiger partial charge in [-0.3, -0.25) is 0 Å². The van der Waals surface area contributed by atoms with Gasteiger partial charge < -0.3 is 6.42 Å². The molecule has 1 aliphatic rings. The van der Waals surface area contributed by atoms with Crippen LogP contribution in [0, 0.1) is 12.3 Å². The Morgan fingerprint density at radius 1 is 1.31 bits per heavy atom. The summed E-state index contributed by atoms with van der Waals surface area (Å²) in [6.07, 6.45) is 12.7. The van der Waals surface area contributed by atoms with Crippen LogP contribution in [0.25, 0.3) is 0 Å². The molecule has 0 heterocycles. The molecule has 0 aromatic carbocycles. The maximum atomic E-state index is 2.48. The van der Waals surface area contributed by atoms with Crippen molar-refractivity contribution in [3.8, 4) is 0 Å². The monoisotopic (exact) mass is 192 g/mol. The molecule has 0 bridgehead atoms. The minimum atomic E-state index is 0. The third kappa shape index (κ3) is 5.46. The molecule has 1 rings (SSSR count). The SMILES string of the molecule is CCP(CC)CCC1C[CH-]CC1.[Li+]. The first kappa shape index (κ1) is 14.0. The third-order valence-electron chi connectivity index (χ3n) is 3.03. The third-order valence-corrected chi connectivity index (χ3v) is 5.71. The summed E-state index contributed by atoms with van der Waals surface area (Å²) in [5.41, 5.74) is 0. The second kappa shape index (κ2) is 8.35. The zero-order valence-electron chi connectivity index (χ0n) is 9.55. The van der Waals surface area contributed by atoms with Gasteiger partial charge in [-0.15, -0.1) is 7.92 Å². The Morgan fingerprint density at radius 2 is 2.00 bits per heavy atom. The molecular formula is C11H22LiP. The first-order valence-electron chi connectivity index (χ1n) is 5.40. The summed E-state index contributed by atoms with van der Waals surface area (Å²) in [5, 5.41) is 0. The summed E-state index contributed by atoms with van der Waals surface area (Å²) in [6.45, 7) is 4.71. The van der Waals surface area contributed by atoms with Crippen LogP contribution < -0.4 is 18.9 Å². The van der Waals surface area contributed by atoms with E-state index in [9.17, 15) is 0 Å². The van der Waals surface area contributed by atoms with Gasteiger partial charge in [0.25, 0.3) is 0 Å². The zero-order chi connectivity index (χ0) is 8.81. The van der Waals surface area contributed by atoms with Gasteiger partial charge in [0.2, 0.25) is 0 Å². The van der Waals surface area contributed by atoms with Crippen LogP contribution in [0.1, 0.15) is 39.5 Å². The summed E-state index contributed by atoms with van der Waals surface area (Å²) in [4.78, 5) is 0. The number of hydrogen-bond donors (Lipinski definition) is 0. The zero-order valence-corrected chi connectivity index (χ0v) is 10.4. The van der Waals surface area contributed by atoms with Crippen LogP contribution in [-0.4, -0.2) is 18.5 Å². The van der Waals surface area contributed by atoms with E-state index in [1.807, 2.05) is 0 Å². The summed E-state index contributed by atoms with van der Waals surface area (Å²) < 4.78 is 0. The second-order valence-corrected chi connectivity index (χ2v) is 6.84. The molecule has 1 unspecified atom stereocenters. The van der Waals surface area contributed by atoms with Crippen LogP contribution in [0.5, 0.6) is 0 Å². The van der Waals surface area contributed by atoms with E-state index in [0.29, 0.717) is 7.92 Å². The van der Waals surface area contributed by atoms with Gasteiger partial charge in [-0.1, -0.05) is 26.2 Å². The summed E-state index contributed by atoms with van der Waals surface area (Å²) in [6, 6.07) is 0. The number of rotatable bonds is 5. The fourth-order valence-electron chi connectivity index (χ4n) is 1.99. The van der Waals surface area contributed by atoms with Gasteiger partial charge in [-0.05, 0) is 24.9 Å². The van der Waals surface area contributed by atoms with Crippen molar-refractivity contribution in [2.45, 2.75) is 39.5 Å². The van der Waals surface area contributed by atoms with E-state index < -0.39 is 0 Å². The average Bonchev–Trinajstić information content (AvgIpc) is 2.59.